The van der Waals surface area contributed by atoms with Gasteiger partial charge >= 0.3 is 0 Å². The number of ether oxygens (including phenoxy) is 2. The molecule has 0 aliphatic heterocycles. The highest BCUT2D eigenvalue weighted by Gasteiger charge is 2.18. The summed E-state index contributed by atoms with van der Waals surface area (Å²) in [5.41, 5.74) is 1.74. The van der Waals surface area contributed by atoms with E-state index >= 15 is 0 Å². The summed E-state index contributed by atoms with van der Waals surface area (Å²) < 4.78 is 26.3. The van der Waals surface area contributed by atoms with Gasteiger partial charge in [-0.05, 0) is 48.5 Å². The van der Waals surface area contributed by atoms with Crippen LogP contribution in [0.5, 0.6) is 11.5 Å². The summed E-state index contributed by atoms with van der Waals surface area (Å²) in [4.78, 5) is 12.4. The molecule has 0 saturated heterocycles. The summed E-state index contributed by atoms with van der Waals surface area (Å²) in [5, 5.41) is 11.8. The van der Waals surface area contributed by atoms with Gasteiger partial charge in [0.25, 0.3) is 0 Å². The predicted octanol–water partition coefficient (Wildman–Crippen LogP) is 4.82. The van der Waals surface area contributed by atoms with Crippen molar-refractivity contribution in [1.29, 1.82) is 0 Å². The molecule has 1 amide bonds. The molecule has 1 heterocycles. The molecular formula is C24H21FN4O3S. The highest BCUT2D eigenvalue weighted by Crippen LogP contribution is 2.30. The molecule has 1 aromatic heterocycles. The van der Waals surface area contributed by atoms with Crippen molar-refractivity contribution in [3.05, 3.63) is 78.6 Å². The molecule has 0 aliphatic rings. The van der Waals surface area contributed by atoms with Gasteiger partial charge in [0.05, 0.1) is 25.7 Å². The first kappa shape index (κ1) is 22.3. The smallest absolute Gasteiger partial charge is 0.234 e. The molecule has 168 valence electrons. The van der Waals surface area contributed by atoms with Crippen LogP contribution in [0.1, 0.15) is 0 Å². The number of methoxy groups -OCH3 is 2. The Bertz CT molecular complexity index is 1260. The van der Waals surface area contributed by atoms with Crippen molar-refractivity contribution in [2.75, 3.05) is 25.3 Å². The molecule has 7 nitrogen and oxygen atoms in total. The zero-order valence-corrected chi connectivity index (χ0v) is 18.8. The van der Waals surface area contributed by atoms with E-state index in [0.717, 1.165) is 11.3 Å². The van der Waals surface area contributed by atoms with E-state index in [1.807, 2.05) is 53.1 Å². The van der Waals surface area contributed by atoms with Crippen LogP contribution in [-0.4, -0.2) is 40.6 Å². The third-order valence-corrected chi connectivity index (χ3v) is 5.70. The Kier molecular flexibility index (Phi) is 6.89. The Hall–Kier alpha value is -3.85. The molecule has 0 bridgehead atoms. The third-order valence-electron chi connectivity index (χ3n) is 4.77. The number of amides is 1. The minimum absolute atomic E-state index is 0.0285. The van der Waals surface area contributed by atoms with Crippen LogP contribution in [0.15, 0.2) is 78.0 Å². The standard InChI is InChI=1S/C24H21FN4O3S/c1-31-18-12-10-17(11-13-18)29-23(16-6-5-7-19(14-16)32-2)27-28-24(29)33-15-22(30)26-21-9-4-3-8-20(21)25/h3-14H,15H2,1-2H3,(H,26,30). The normalized spacial score (nSPS) is 10.6. The zero-order valence-electron chi connectivity index (χ0n) is 18.0. The minimum Gasteiger partial charge on any atom is -0.497 e. The molecule has 0 saturated carbocycles. The second kappa shape index (κ2) is 10.2. The number of nitrogens with one attached hydrogen (secondary N) is 1. The SMILES string of the molecule is COc1ccc(-n2c(SCC(=O)Nc3ccccc3F)nnc2-c2cccc(OC)c2)cc1. The lowest BCUT2D eigenvalue weighted by Gasteiger charge is -2.12. The molecule has 0 radical (unpaired) electrons. The fourth-order valence-electron chi connectivity index (χ4n) is 3.16. The minimum atomic E-state index is -0.488. The van der Waals surface area contributed by atoms with E-state index in [4.69, 9.17) is 9.47 Å². The monoisotopic (exact) mass is 464 g/mol. The van der Waals surface area contributed by atoms with Gasteiger partial charge in [-0.15, -0.1) is 10.2 Å². The van der Waals surface area contributed by atoms with Gasteiger partial charge in [0.1, 0.15) is 17.3 Å². The van der Waals surface area contributed by atoms with E-state index < -0.39 is 5.82 Å². The molecule has 33 heavy (non-hydrogen) atoms. The highest BCUT2D eigenvalue weighted by atomic mass is 32.2. The van der Waals surface area contributed by atoms with E-state index in [9.17, 15) is 9.18 Å². The summed E-state index contributed by atoms with van der Waals surface area (Å²) in [6, 6.07) is 21.0. The molecule has 3 aromatic carbocycles. The molecule has 4 aromatic rings. The van der Waals surface area contributed by atoms with Gasteiger partial charge < -0.3 is 14.8 Å². The van der Waals surface area contributed by atoms with E-state index in [1.54, 1.807) is 26.4 Å². The number of carbonyl (C=O) groups excluding carboxylic acids is 1. The van der Waals surface area contributed by atoms with Gasteiger partial charge in [-0.3, -0.25) is 9.36 Å². The number of halogens is 1. The second-order valence-electron chi connectivity index (χ2n) is 6.89. The Morgan fingerprint density at radius 2 is 1.73 bits per heavy atom. The molecule has 1 N–H and O–H groups in total. The molecule has 0 spiro atoms. The lowest BCUT2D eigenvalue weighted by molar-refractivity contribution is -0.113. The van der Waals surface area contributed by atoms with E-state index in [2.05, 4.69) is 15.5 Å². The summed E-state index contributed by atoms with van der Waals surface area (Å²) in [5.74, 6) is 1.19. The molecule has 4 rings (SSSR count). The van der Waals surface area contributed by atoms with Crippen LogP contribution in [-0.2, 0) is 4.79 Å². The number of rotatable bonds is 8. The molecular weight excluding hydrogens is 443 g/mol. The van der Waals surface area contributed by atoms with Crippen LogP contribution >= 0.6 is 11.8 Å². The topological polar surface area (TPSA) is 78.3 Å². The van der Waals surface area contributed by atoms with Gasteiger partial charge in [0.2, 0.25) is 5.91 Å². The number of carbonyl (C=O) groups is 1. The highest BCUT2D eigenvalue weighted by molar-refractivity contribution is 7.99. The Morgan fingerprint density at radius 1 is 0.970 bits per heavy atom. The fraction of sp³-hybridized carbons (Fsp3) is 0.125. The molecule has 0 atom stereocenters. The van der Waals surface area contributed by atoms with Crippen LogP contribution in [0.4, 0.5) is 10.1 Å². The van der Waals surface area contributed by atoms with E-state index in [-0.39, 0.29) is 17.3 Å². The first-order chi connectivity index (χ1) is 16.1. The van der Waals surface area contributed by atoms with Gasteiger partial charge in [-0.2, -0.15) is 0 Å². The summed E-state index contributed by atoms with van der Waals surface area (Å²) in [7, 11) is 3.20. The van der Waals surface area contributed by atoms with Gasteiger partial charge in [-0.1, -0.05) is 36.0 Å². The van der Waals surface area contributed by atoms with Crippen LogP contribution < -0.4 is 14.8 Å². The van der Waals surface area contributed by atoms with Gasteiger partial charge in [0, 0.05) is 11.3 Å². The number of hydrogen-bond acceptors (Lipinski definition) is 6. The number of thioether (sulfide) groups is 1. The number of para-hydroxylation sites is 1. The Labute approximate surface area is 194 Å². The summed E-state index contributed by atoms with van der Waals surface area (Å²) in [6.07, 6.45) is 0. The lowest BCUT2D eigenvalue weighted by Crippen LogP contribution is -2.15. The van der Waals surface area contributed by atoms with Crippen molar-refractivity contribution >= 4 is 23.4 Å². The molecule has 0 aliphatic carbocycles. The average molecular weight is 465 g/mol. The van der Waals surface area contributed by atoms with Crippen molar-refractivity contribution in [3.63, 3.8) is 0 Å². The average Bonchev–Trinajstić information content (AvgIpc) is 3.28. The molecule has 9 heteroatoms. The van der Waals surface area contributed by atoms with E-state index in [1.165, 1.54) is 23.9 Å². The van der Waals surface area contributed by atoms with Crippen molar-refractivity contribution in [2.24, 2.45) is 0 Å². The fourth-order valence-corrected chi connectivity index (χ4v) is 3.91. The first-order valence-corrected chi connectivity index (χ1v) is 11.0. The Balaban J connectivity index is 1.63. The molecule has 0 fully saturated rings. The quantitative estimate of drug-likeness (QED) is 0.377. The van der Waals surface area contributed by atoms with Gasteiger partial charge in [0.15, 0.2) is 11.0 Å². The van der Waals surface area contributed by atoms with E-state index in [0.29, 0.717) is 22.5 Å². The lowest BCUT2D eigenvalue weighted by atomic mass is 10.2. The Morgan fingerprint density at radius 3 is 2.45 bits per heavy atom. The number of nitrogens with zero attached hydrogens (tertiary/aromatic N) is 3. The second-order valence-corrected chi connectivity index (χ2v) is 7.83. The van der Waals surface area contributed by atoms with Crippen LogP contribution in [0.25, 0.3) is 17.1 Å². The number of benzene rings is 3. The first-order valence-electron chi connectivity index (χ1n) is 10.0. The summed E-state index contributed by atoms with van der Waals surface area (Å²) >= 11 is 1.20. The van der Waals surface area contributed by atoms with Gasteiger partial charge in [-0.25, -0.2) is 4.39 Å². The third kappa shape index (κ3) is 5.15. The molecule has 0 unspecified atom stereocenters. The van der Waals surface area contributed by atoms with Crippen molar-refractivity contribution in [1.82, 2.24) is 14.8 Å². The van der Waals surface area contributed by atoms with Crippen molar-refractivity contribution < 1.29 is 18.7 Å². The van der Waals surface area contributed by atoms with Crippen molar-refractivity contribution in [2.45, 2.75) is 5.16 Å². The number of hydrogen-bond donors (Lipinski definition) is 1. The maximum absolute atomic E-state index is 13.8. The number of aromatic nitrogens is 3. The van der Waals surface area contributed by atoms with Crippen LogP contribution in [0.2, 0.25) is 0 Å². The van der Waals surface area contributed by atoms with Crippen molar-refractivity contribution in [3.8, 4) is 28.6 Å². The van der Waals surface area contributed by atoms with Crippen LogP contribution in [0.3, 0.4) is 0 Å². The maximum atomic E-state index is 13.8. The largest absolute Gasteiger partial charge is 0.497 e. The number of anilines is 1. The predicted molar refractivity (Wildman–Crippen MR) is 126 cm³/mol. The zero-order chi connectivity index (χ0) is 23.2. The summed E-state index contributed by atoms with van der Waals surface area (Å²) in [6.45, 7) is 0. The van der Waals surface area contributed by atoms with Crippen LogP contribution in [0, 0.1) is 5.82 Å². The maximum Gasteiger partial charge on any atom is 0.234 e.